The molecule has 190 valence electrons. The van der Waals surface area contributed by atoms with Crippen LogP contribution in [-0.2, 0) is 14.6 Å². The number of H-pyrrole nitrogens is 1. The molecule has 1 N–H and O–H groups in total. The molecule has 0 bridgehead atoms. The number of ether oxygens (including phenoxy) is 2. The first-order valence-corrected chi connectivity index (χ1v) is 14.4. The van der Waals surface area contributed by atoms with Gasteiger partial charge < -0.3 is 9.47 Å². The molecule has 2 unspecified atom stereocenters. The van der Waals surface area contributed by atoms with Crippen LogP contribution in [0.15, 0.2) is 47.6 Å². The number of pyridine rings is 1. The third-order valence-electron chi connectivity index (χ3n) is 7.54. The summed E-state index contributed by atoms with van der Waals surface area (Å²) in [5, 5.41) is 12.9. The van der Waals surface area contributed by atoms with Gasteiger partial charge >= 0.3 is 0 Å². The van der Waals surface area contributed by atoms with E-state index in [-0.39, 0.29) is 11.8 Å². The molecule has 1 aliphatic carbocycles. The molecule has 2 aliphatic rings. The van der Waals surface area contributed by atoms with Crippen LogP contribution in [0.3, 0.4) is 0 Å². The highest BCUT2D eigenvalue weighted by molar-refractivity contribution is 7.90. The fourth-order valence-corrected chi connectivity index (χ4v) is 6.77. The second-order valence-electron chi connectivity index (χ2n) is 9.88. The van der Waals surface area contributed by atoms with Crippen LogP contribution in [0.4, 0.5) is 0 Å². The first-order valence-electron chi connectivity index (χ1n) is 12.5. The van der Waals surface area contributed by atoms with Crippen LogP contribution in [0.5, 0.6) is 5.75 Å². The lowest BCUT2D eigenvalue weighted by Gasteiger charge is -2.26. The highest BCUT2D eigenvalue weighted by Crippen LogP contribution is 2.47. The Hall–Kier alpha value is -2.95. The Labute approximate surface area is 210 Å². The Morgan fingerprint density at radius 2 is 1.92 bits per heavy atom. The minimum Gasteiger partial charge on any atom is -0.491 e. The van der Waals surface area contributed by atoms with Crippen molar-refractivity contribution in [2.24, 2.45) is 0 Å². The van der Waals surface area contributed by atoms with Crippen molar-refractivity contribution in [1.82, 2.24) is 24.7 Å². The lowest BCUT2D eigenvalue weighted by Crippen LogP contribution is -2.38. The predicted octanol–water partition coefficient (Wildman–Crippen LogP) is 3.38. The third kappa shape index (κ3) is 4.49. The highest BCUT2D eigenvalue weighted by Gasteiger charge is 2.32. The summed E-state index contributed by atoms with van der Waals surface area (Å²) in [5.74, 6) is 1.25. The highest BCUT2D eigenvalue weighted by atomic mass is 32.2. The summed E-state index contributed by atoms with van der Waals surface area (Å²) in [4.78, 5) is 2.80. The summed E-state index contributed by atoms with van der Waals surface area (Å²) in [6.07, 6.45) is 7.85. The molecule has 10 heteroatoms. The van der Waals surface area contributed by atoms with E-state index in [1.165, 1.54) is 11.8 Å². The molecule has 1 aromatic carbocycles. The molecule has 4 heterocycles. The summed E-state index contributed by atoms with van der Waals surface area (Å²) < 4.78 is 38.4. The van der Waals surface area contributed by atoms with E-state index in [1.807, 2.05) is 29.0 Å². The van der Waals surface area contributed by atoms with Gasteiger partial charge in [0.1, 0.15) is 12.4 Å². The molecule has 2 fully saturated rings. The van der Waals surface area contributed by atoms with Crippen molar-refractivity contribution in [3.63, 3.8) is 0 Å². The van der Waals surface area contributed by atoms with Gasteiger partial charge in [0, 0.05) is 25.9 Å². The average molecular weight is 510 g/mol. The normalized spacial score (nSPS) is 21.5. The quantitative estimate of drug-likeness (QED) is 0.408. The van der Waals surface area contributed by atoms with Crippen molar-refractivity contribution in [3.8, 4) is 5.75 Å². The second-order valence-corrected chi connectivity index (χ2v) is 11.9. The van der Waals surface area contributed by atoms with Crippen LogP contribution in [-0.4, -0.2) is 78.8 Å². The van der Waals surface area contributed by atoms with Gasteiger partial charge in [-0.3, -0.25) is 10.00 Å². The number of aromatic amines is 1. The Morgan fingerprint density at radius 3 is 2.72 bits per heavy atom. The topological polar surface area (TPSA) is 102 Å². The third-order valence-corrected chi connectivity index (χ3v) is 8.71. The summed E-state index contributed by atoms with van der Waals surface area (Å²) in [7, 11) is -3.28. The Balaban J connectivity index is 1.30. The van der Waals surface area contributed by atoms with E-state index in [0.29, 0.717) is 11.5 Å². The maximum absolute atomic E-state index is 12.4. The van der Waals surface area contributed by atoms with Crippen molar-refractivity contribution >= 4 is 26.4 Å². The first kappa shape index (κ1) is 23.4. The molecular formula is C26H31N5O4S. The molecule has 0 amide bonds. The fraction of sp³-hybridized carbons (Fsp3) is 0.462. The second kappa shape index (κ2) is 9.49. The molecule has 36 heavy (non-hydrogen) atoms. The van der Waals surface area contributed by atoms with Gasteiger partial charge in [0.2, 0.25) is 0 Å². The number of aromatic nitrogens is 4. The Kier molecular flexibility index (Phi) is 6.18. The van der Waals surface area contributed by atoms with Crippen LogP contribution in [0.25, 0.3) is 16.6 Å². The molecule has 3 aromatic heterocycles. The van der Waals surface area contributed by atoms with Crippen LogP contribution < -0.4 is 4.74 Å². The number of rotatable bonds is 7. The lowest BCUT2D eigenvalue weighted by atomic mass is 9.92. The van der Waals surface area contributed by atoms with E-state index < -0.39 is 9.84 Å². The molecule has 6 rings (SSSR count). The zero-order valence-electron chi connectivity index (χ0n) is 20.4. The van der Waals surface area contributed by atoms with Crippen LogP contribution in [0.2, 0.25) is 0 Å². The van der Waals surface area contributed by atoms with Crippen LogP contribution in [0, 0.1) is 0 Å². The van der Waals surface area contributed by atoms with Crippen LogP contribution in [0.1, 0.15) is 42.2 Å². The van der Waals surface area contributed by atoms with E-state index in [0.717, 1.165) is 80.0 Å². The van der Waals surface area contributed by atoms with Gasteiger partial charge in [0.05, 0.1) is 41.4 Å². The predicted molar refractivity (Wildman–Crippen MR) is 136 cm³/mol. The van der Waals surface area contributed by atoms with Crippen molar-refractivity contribution < 1.29 is 17.9 Å². The first-order chi connectivity index (χ1) is 17.5. The molecular weight excluding hydrogens is 478 g/mol. The van der Waals surface area contributed by atoms with Crippen molar-refractivity contribution in [3.05, 3.63) is 53.9 Å². The number of fused-ring (bicyclic) bond motifs is 3. The number of nitrogens with zero attached hydrogens (tertiary/aromatic N) is 4. The molecule has 1 aliphatic heterocycles. The number of nitrogens with one attached hydrogen (secondary N) is 1. The standard InChI is InChI=1S/C26H31N5O4S/c1-36(32,33)24-5-3-2-4-21(24)18-6-7-19(14-18)22-15-20(35-13-10-30-8-11-34-12-9-30)17-31-25(22)23-16-27-28-26(23)29-31/h2-5,15-19H,6-14H2,1H3,(H,28,29). The molecule has 1 saturated carbocycles. The summed E-state index contributed by atoms with van der Waals surface area (Å²) in [6.45, 7) is 4.87. The van der Waals surface area contributed by atoms with E-state index in [1.54, 1.807) is 12.1 Å². The van der Waals surface area contributed by atoms with E-state index in [2.05, 4.69) is 21.2 Å². The maximum Gasteiger partial charge on any atom is 0.178 e. The molecule has 0 spiro atoms. The van der Waals surface area contributed by atoms with Gasteiger partial charge in [0.25, 0.3) is 0 Å². The fourth-order valence-electron chi connectivity index (χ4n) is 5.78. The molecule has 1 saturated heterocycles. The van der Waals surface area contributed by atoms with Gasteiger partial charge in [-0.1, -0.05) is 18.2 Å². The largest absolute Gasteiger partial charge is 0.491 e. The van der Waals surface area contributed by atoms with Crippen LogP contribution >= 0.6 is 0 Å². The van der Waals surface area contributed by atoms with E-state index in [9.17, 15) is 8.42 Å². The number of benzene rings is 1. The zero-order chi connectivity index (χ0) is 24.7. The number of sulfone groups is 1. The van der Waals surface area contributed by atoms with Gasteiger partial charge in [-0.2, -0.15) is 5.10 Å². The van der Waals surface area contributed by atoms with Gasteiger partial charge in [0.15, 0.2) is 15.5 Å². The van der Waals surface area contributed by atoms with Crippen molar-refractivity contribution in [2.75, 3.05) is 45.7 Å². The van der Waals surface area contributed by atoms with Crippen molar-refractivity contribution in [1.29, 1.82) is 0 Å². The summed E-state index contributed by atoms with van der Waals surface area (Å²) >= 11 is 0. The molecule has 4 aromatic rings. The summed E-state index contributed by atoms with van der Waals surface area (Å²) in [6, 6.07) is 9.58. The Bertz CT molecular complexity index is 1490. The van der Waals surface area contributed by atoms with E-state index in [4.69, 9.17) is 14.6 Å². The summed E-state index contributed by atoms with van der Waals surface area (Å²) in [5.41, 5.74) is 3.90. The number of morpholine rings is 1. The SMILES string of the molecule is CS(=O)(=O)c1ccccc1C1CCC(c2cc(OCCN3CCOCC3)cn3nc4[nH]ncc4c23)C1. The van der Waals surface area contributed by atoms with Gasteiger partial charge in [-0.25, -0.2) is 12.9 Å². The molecule has 0 radical (unpaired) electrons. The van der Waals surface area contributed by atoms with Crippen molar-refractivity contribution in [2.45, 2.75) is 36.0 Å². The Morgan fingerprint density at radius 1 is 1.14 bits per heavy atom. The monoisotopic (exact) mass is 509 g/mol. The maximum atomic E-state index is 12.4. The average Bonchev–Trinajstić information content (AvgIpc) is 3.60. The lowest BCUT2D eigenvalue weighted by molar-refractivity contribution is 0.0322. The molecule has 9 nitrogen and oxygen atoms in total. The number of hydrogen-bond acceptors (Lipinski definition) is 7. The zero-order valence-corrected chi connectivity index (χ0v) is 21.2. The number of hydrogen-bond donors (Lipinski definition) is 1. The minimum atomic E-state index is -3.28. The smallest absolute Gasteiger partial charge is 0.178 e. The minimum absolute atomic E-state index is 0.189. The van der Waals surface area contributed by atoms with E-state index >= 15 is 0 Å². The molecule has 2 atom stereocenters. The van der Waals surface area contributed by atoms with Gasteiger partial charge in [-0.15, -0.1) is 5.10 Å². The van der Waals surface area contributed by atoms with Gasteiger partial charge in [-0.05, 0) is 54.4 Å².